The lowest BCUT2D eigenvalue weighted by atomic mass is 10.0. The van der Waals surface area contributed by atoms with Crippen LogP contribution >= 0.6 is 12.4 Å². The van der Waals surface area contributed by atoms with Gasteiger partial charge in [0, 0.05) is 31.7 Å². The minimum absolute atomic E-state index is 0. The second-order valence-corrected chi connectivity index (χ2v) is 7.95. The van der Waals surface area contributed by atoms with Crippen LogP contribution in [0.15, 0.2) is 0 Å². The first-order valence-corrected chi connectivity index (χ1v) is 9.45. The van der Waals surface area contributed by atoms with Gasteiger partial charge in [0.1, 0.15) is 6.04 Å². The summed E-state index contributed by atoms with van der Waals surface area (Å²) >= 11 is 0. The summed E-state index contributed by atoms with van der Waals surface area (Å²) in [4.78, 5) is 28.1. The summed E-state index contributed by atoms with van der Waals surface area (Å²) in [5.74, 6) is 1.10. The van der Waals surface area contributed by atoms with Crippen molar-refractivity contribution in [3.05, 3.63) is 0 Å². The van der Waals surface area contributed by atoms with Gasteiger partial charge in [0.05, 0.1) is 12.6 Å². The van der Waals surface area contributed by atoms with E-state index in [9.17, 15) is 9.59 Å². The highest BCUT2D eigenvalue weighted by Gasteiger charge is 2.42. The third-order valence-electron chi connectivity index (χ3n) is 5.71. The number of rotatable bonds is 4. The van der Waals surface area contributed by atoms with Crippen molar-refractivity contribution in [2.24, 2.45) is 11.8 Å². The maximum atomic E-state index is 12.3. The van der Waals surface area contributed by atoms with Crippen LogP contribution in [0, 0.1) is 23.2 Å². The number of fused-ring (bicyclic) bond motifs is 1. The average Bonchev–Trinajstić information content (AvgIpc) is 3.25. The Morgan fingerprint density at radius 2 is 1.88 bits per heavy atom. The Balaban J connectivity index is 0.00000243. The number of nitrogens with zero attached hydrogens (tertiary/aromatic N) is 3. The van der Waals surface area contributed by atoms with Crippen molar-refractivity contribution in [1.82, 2.24) is 20.4 Å². The van der Waals surface area contributed by atoms with Crippen LogP contribution in [-0.2, 0) is 4.79 Å². The lowest BCUT2D eigenvalue weighted by Crippen LogP contribution is -2.44. The van der Waals surface area contributed by atoms with Crippen LogP contribution in [-0.4, -0.2) is 66.0 Å². The van der Waals surface area contributed by atoms with E-state index in [1.165, 1.54) is 0 Å². The summed E-state index contributed by atoms with van der Waals surface area (Å²) in [6, 6.07) is 2.52. The smallest absolute Gasteiger partial charge is 0.317 e. The van der Waals surface area contributed by atoms with Crippen molar-refractivity contribution >= 4 is 24.3 Å². The van der Waals surface area contributed by atoms with Gasteiger partial charge in [0.2, 0.25) is 5.91 Å². The van der Waals surface area contributed by atoms with Gasteiger partial charge in [-0.05, 0) is 51.4 Å². The third-order valence-corrected chi connectivity index (χ3v) is 5.71. The Hall–Kier alpha value is -1.52. The van der Waals surface area contributed by atoms with Gasteiger partial charge in [-0.25, -0.2) is 4.79 Å². The molecule has 2 N–H and O–H groups in total. The van der Waals surface area contributed by atoms with E-state index in [2.05, 4.69) is 16.7 Å². The zero-order valence-electron chi connectivity index (χ0n) is 15.6. The number of halogens is 1. The number of carbonyl (C=O) groups is 2. The predicted octanol–water partition coefficient (Wildman–Crippen LogP) is 1.34. The number of carbonyl (C=O) groups excluding carboxylic acids is 2. The van der Waals surface area contributed by atoms with Crippen LogP contribution in [0.2, 0.25) is 0 Å². The van der Waals surface area contributed by atoms with Crippen LogP contribution in [0.1, 0.15) is 39.5 Å². The fraction of sp³-hybridized carbons (Fsp3) is 0.833. The molecule has 2 unspecified atom stereocenters. The van der Waals surface area contributed by atoms with E-state index < -0.39 is 0 Å². The van der Waals surface area contributed by atoms with Crippen molar-refractivity contribution in [1.29, 1.82) is 5.26 Å². The molecule has 2 heterocycles. The molecule has 0 radical (unpaired) electrons. The standard InChI is InChI=1S/C18H29N5O2.ClH/c1-12(2)21-18(25)22-10-13-6-15(7-14(13)11-22)20-9-17(24)23-5-3-4-16(23)8-19;/h12-16,20H,3-7,9-11H2,1-2H3,(H,21,25);1H/t13-,14+,15?,16?;. The van der Waals surface area contributed by atoms with Crippen LogP contribution in [0.3, 0.4) is 0 Å². The number of amides is 3. The van der Waals surface area contributed by atoms with Gasteiger partial charge in [-0.15, -0.1) is 12.4 Å². The van der Waals surface area contributed by atoms with E-state index in [4.69, 9.17) is 5.26 Å². The topological polar surface area (TPSA) is 88.5 Å². The number of likely N-dealkylation sites (tertiary alicyclic amines) is 2. The van der Waals surface area contributed by atoms with Gasteiger partial charge < -0.3 is 20.4 Å². The first kappa shape index (κ1) is 20.8. The molecule has 0 aromatic rings. The summed E-state index contributed by atoms with van der Waals surface area (Å²) in [5.41, 5.74) is 0. The molecule has 146 valence electrons. The van der Waals surface area contributed by atoms with Gasteiger partial charge in [-0.1, -0.05) is 0 Å². The Kier molecular flexibility index (Phi) is 7.13. The molecule has 2 saturated heterocycles. The van der Waals surface area contributed by atoms with Crippen LogP contribution in [0.4, 0.5) is 4.79 Å². The average molecular weight is 384 g/mol. The number of hydrogen-bond acceptors (Lipinski definition) is 4. The normalized spacial score (nSPS) is 30.1. The van der Waals surface area contributed by atoms with Crippen molar-refractivity contribution in [2.45, 2.75) is 57.7 Å². The molecule has 3 rings (SSSR count). The molecule has 7 nitrogen and oxygen atoms in total. The number of hydrogen-bond donors (Lipinski definition) is 2. The Morgan fingerprint density at radius 3 is 2.46 bits per heavy atom. The highest BCUT2D eigenvalue weighted by atomic mass is 35.5. The maximum Gasteiger partial charge on any atom is 0.317 e. The largest absolute Gasteiger partial charge is 0.336 e. The molecular weight excluding hydrogens is 354 g/mol. The van der Waals surface area contributed by atoms with E-state index in [1.54, 1.807) is 4.90 Å². The number of urea groups is 1. The van der Waals surface area contributed by atoms with E-state index in [0.29, 0.717) is 31.0 Å². The van der Waals surface area contributed by atoms with Crippen LogP contribution < -0.4 is 10.6 Å². The number of nitrogens with one attached hydrogen (secondary N) is 2. The van der Waals surface area contributed by atoms with Crippen LogP contribution in [0.5, 0.6) is 0 Å². The van der Waals surface area contributed by atoms with Crippen molar-refractivity contribution in [2.75, 3.05) is 26.2 Å². The highest BCUT2D eigenvalue weighted by molar-refractivity contribution is 5.85. The molecule has 4 atom stereocenters. The highest BCUT2D eigenvalue weighted by Crippen LogP contribution is 2.38. The molecule has 26 heavy (non-hydrogen) atoms. The van der Waals surface area contributed by atoms with E-state index >= 15 is 0 Å². The molecular formula is C18H30ClN5O2. The summed E-state index contributed by atoms with van der Waals surface area (Å²) < 4.78 is 0. The zero-order valence-corrected chi connectivity index (χ0v) is 16.4. The first-order valence-electron chi connectivity index (χ1n) is 9.45. The van der Waals surface area contributed by atoms with E-state index in [-0.39, 0.29) is 36.4 Å². The van der Waals surface area contributed by atoms with Crippen molar-refractivity contribution in [3.8, 4) is 6.07 Å². The summed E-state index contributed by atoms with van der Waals surface area (Å²) in [6.07, 6.45) is 3.76. The zero-order chi connectivity index (χ0) is 18.0. The lowest BCUT2D eigenvalue weighted by molar-refractivity contribution is -0.130. The van der Waals surface area contributed by atoms with Gasteiger partial charge >= 0.3 is 6.03 Å². The van der Waals surface area contributed by atoms with Gasteiger partial charge in [-0.3, -0.25) is 4.79 Å². The minimum Gasteiger partial charge on any atom is -0.336 e. The predicted molar refractivity (Wildman–Crippen MR) is 101 cm³/mol. The molecule has 0 aromatic carbocycles. The summed E-state index contributed by atoms with van der Waals surface area (Å²) in [7, 11) is 0. The molecule has 3 amide bonds. The van der Waals surface area contributed by atoms with Crippen molar-refractivity contribution < 1.29 is 9.59 Å². The lowest BCUT2D eigenvalue weighted by Gasteiger charge is -2.23. The van der Waals surface area contributed by atoms with Crippen LogP contribution in [0.25, 0.3) is 0 Å². The summed E-state index contributed by atoms with van der Waals surface area (Å²) in [5, 5.41) is 15.4. The molecule has 3 aliphatic rings. The number of nitriles is 1. The Labute approximate surface area is 161 Å². The quantitative estimate of drug-likeness (QED) is 0.766. The second kappa shape index (κ2) is 8.92. The van der Waals surface area contributed by atoms with Crippen molar-refractivity contribution in [3.63, 3.8) is 0 Å². The maximum absolute atomic E-state index is 12.3. The Morgan fingerprint density at radius 1 is 1.23 bits per heavy atom. The molecule has 1 aliphatic carbocycles. The second-order valence-electron chi connectivity index (χ2n) is 7.95. The third kappa shape index (κ3) is 4.60. The van der Waals surface area contributed by atoms with Gasteiger partial charge in [0.15, 0.2) is 0 Å². The van der Waals surface area contributed by atoms with E-state index in [1.807, 2.05) is 18.7 Å². The van der Waals surface area contributed by atoms with E-state index in [0.717, 1.165) is 38.8 Å². The molecule has 0 aromatic heterocycles. The van der Waals surface area contributed by atoms with Gasteiger partial charge in [-0.2, -0.15) is 5.26 Å². The molecule has 1 saturated carbocycles. The van der Waals surface area contributed by atoms with Gasteiger partial charge in [0.25, 0.3) is 0 Å². The minimum atomic E-state index is -0.245. The first-order chi connectivity index (χ1) is 12.0. The molecule has 0 bridgehead atoms. The molecule has 0 spiro atoms. The fourth-order valence-electron chi connectivity index (χ4n) is 4.50. The summed E-state index contributed by atoms with van der Waals surface area (Å²) in [6.45, 7) is 6.61. The molecule has 2 aliphatic heterocycles. The fourth-order valence-corrected chi connectivity index (χ4v) is 4.50. The molecule has 8 heteroatoms. The molecule has 3 fully saturated rings. The monoisotopic (exact) mass is 383 g/mol. The Bertz CT molecular complexity index is 550. The SMILES string of the molecule is CC(C)NC(=O)N1C[C@H]2CC(NCC(=O)N3CCCC3C#N)C[C@H]2C1.Cl.